The van der Waals surface area contributed by atoms with E-state index in [0.29, 0.717) is 5.69 Å². The first-order valence-corrected chi connectivity index (χ1v) is 7.57. The lowest BCUT2D eigenvalue weighted by Gasteiger charge is -2.09. The molecule has 0 atom stereocenters. The van der Waals surface area contributed by atoms with Crippen LogP contribution in [-0.2, 0) is 16.4 Å². The van der Waals surface area contributed by atoms with Crippen LogP contribution in [0.15, 0.2) is 47.4 Å². The highest BCUT2D eigenvalue weighted by atomic mass is 32.2. The van der Waals surface area contributed by atoms with Gasteiger partial charge < -0.3 is 5.73 Å². The summed E-state index contributed by atoms with van der Waals surface area (Å²) in [5.41, 5.74) is 6.77. The minimum Gasteiger partial charge on any atom is -0.396 e. The maximum absolute atomic E-state index is 13.3. The van der Waals surface area contributed by atoms with Gasteiger partial charge in [0.05, 0.1) is 10.6 Å². The molecule has 0 spiro atoms. The van der Waals surface area contributed by atoms with E-state index in [1.807, 2.05) is 19.1 Å². The van der Waals surface area contributed by atoms with Crippen LogP contribution in [0.5, 0.6) is 0 Å². The summed E-state index contributed by atoms with van der Waals surface area (Å²) in [5, 5.41) is 0. The third-order valence-corrected chi connectivity index (χ3v) is 4.28. The second-order valence-electron chi connectivity index (χ2n) is 4.34. The largest absolute Gasteiger partial charge is 0.396 e. The van der Waals surface area contributed by atoms with E-state index in [2.05, 4.69) is 4.72 Å². The minimum atomic E-state index is -3.82. The molecule has 0 heterocycles. The molecule has 0 unspecified atom stereocenters. The van der Waals surface area contributed by atoms with Crippen LogP contribution < -0.4 is 10.5 Å². The van der Waals surface area contributed by atoms with E-state index in [1.54, 1.807) is 12.1 Å². The van der Waals surface area contributed by atoms with E-state index in [0.717, 1.165) is 18.1 Å². The molecule has 3 N–H and O–H groups in total. The zero-order valence-corrected chi connectivity index (χ0v) is 11.7. The van der Waals surface area contributed by atoms with Gasteiger partial charge in [-0.1, -0.05) is 19.1 Å². The van der Waals surface area contributed by atoms with Crippen LogP contribution in [0.1, 0.15) is 12.5 Å². The molecule has 0 amide bonds. The SMILES string of the molecule is CCc1ccc(NS(=O)(=O)c2ccc(N)c(F)c2)cc1. The van der Waals surface area contributed by atoms with Crippen molar-refractivity contribution in [3.63, 3.8) is 0 Å². The lowest BCUT2D eigenvalue weighted by atomic mass is 10.2. The quantitative estimate of drug-likeness (QED) is 0.852. The Balaban J connectivity index is 2.27. The lowest BCUT2D eigenvalue weighted by molar-refractivity contribution is 0.596. The topological polar surface area (TPSA) is 72.2 Å². The van der Waals surface area contributed by atoms with Crippen LogP contribution >= 0.6 is 0 Å². The Bertz CT molecular complexity index is 712. The van der Waals surface area contributed by atoms with Gasteiger partial charge in [-0.15, -0.1) is 0 Å². The van der Waals surface area contributed by atoms with Crippen molar-refractivity contribution in [2.45, 2.75) is 18.2 Å². The van der Waals surface area contributed by atoms with E-state index in [9.17, 15) is 12.8 Å². The summed E-state index contributed by atoms with van der Waals surface area (Å²) in [5.74, 6) is -0.755. The van der Waals surface area contributed by atoms with Crippen LogP contribution in [-0.4, -0.2) is 8.42 Å². The number of anilines is 2. The number of halogens is 1. The molecule has 2 aromatic rings. The molecule has 0 aliphatic rings. The van der Waals surface area contributed by atoms with Gasteiger partial charge in [0.1, 0.15) is 5.82 Å². The average Bonchev–Trinajstić information content (AvgIpc) is 2.42. The molecule has 0 aliphatic heterocycles. The fourth-order valence-electron chi connectivity index (χ4n) is 1.70. The second-order valence-corrected chi connectivity index (χ2v) is 6.02. The number of rotatable bonds is 4. The van der Waals surface area contributed by atoms with Gasteiger partial charge in [-0.05, 0) is 42.3 Å². The highest BCUT2D eigenvalue weighted by Crippen LogP contribution is 2.20. The predicted molar refractivity (Wildman–Crippen MR) is 77.4 cm³/mol. The Kier molecular flexibility index (Phi) is 3.94. The predicted octanol–water partition coefficient (Wildman–Crippen LogP) is 2.77. The van der Waals surface area contributed by atoms with Crippen LogP contribution in [0.25, 0.3) is 0 Å². The highest BCUT2D eigenvalue weighted by Gasteiger charge is 2.15. The molecular formula is C14H15FN2O2S. The number of aryl methyl sites for hydroxylation is 1. The van der Waals surface area contributed by atoms with Crippen LogP contribution in [0.3, 0.4) is 0 Å². The van der Waals surface area contributed by atoms with Crippen molar-refractivity contribution < 1.29 is 12.8 Å². The number of sulfonamides is 1. The highest BCUT2D eigenvalue weighted by molar-refractivity contribution is 7.92. The molecule has 0 aliphatic carbocycles. The standard InChI is InChI=1S/C14H15FN2O2S/c1-2-10-3-5-11(6-4-10)17-20(18,19)12-7-8-14(16)13(15)9-12/h3-9,17H,2,16H2,1H3. The molecule has 0 saturated carbocycles. The Morgan fingerprint density at radius 1 is 1.15 bits per heavy atom. The van der Waals surface area contributed by atoms with Gasteiger partial charge in [-0.3, -0.25) is 4.72 Å². The first-order valence-electron chi connectivity index (χ1n) is 6.09. The summed E-state index contributed by atoms with van der Waals surface area (Å²) in [7, 11) is -3.82. The van der Waals surface area contributed by atoms with Crippen LogP contribution in [0, 0.1) is 5.82 Å². The molecule has 2 rings (SSSR count). The van der Waals surface area contributed by atoms with E-state index < -0.39 is 15.8 Å². The first kappa shape index (κ1) is 14.3. The number of nitrogen functional groups attached to an aromatic ring is 1. The Labute approximate surface area is 117 Å². The number of nitrogens with one attached hydrogen (secondary N) is 1. The Morgan fingerprint density at radius 2 is 1.80 bits per heavy atom. The van der Waals surface area contributed by atoms with Crippen molar-refractivity contribution >= 4 is 21.4 Å². The minimum absolute atomic E-state index is 0.0868. The van der Waals surface area contributed by atoms with Gasteiger partial charge in [0.15, 0.2) is 0 Å². The van der Waals surface area contributed by atoms with E-state index in [-0.39, 0.29) is 10.6 Å². The van der Waals surface area contributed by atoms with Crippen LogP contribution in [0.2, 0.25) is 0 Å². The second kappa shape index (κ2) is 5.50. The molecular weight excluding hydrogens is 279 g/mol. The van der Waals surface area contributed by atoms with E-state index in [1.165, 1.54) is 12.1 Å². The monoisotopic (exact) mass is 294 g/mol. The molecule has 2 aromatic carbocycles. The van der Waals surface area contributed by atoms with Gasteiger partial charge in [0, 0.05) is 5.69 Å². The third-order valence-electron chi connectivity index (χ3n) is 2.90. The molecule has 0 aromatic heterocycles. The van der Waals surface area contributed by atoms with Crippen molar-refractivity contribution in [1.82, 2.24) is 0 Å². The zero-order chi connectivity index (χ0) is 14.8. The molecule has 4 nitrogen and oxygen atoms in total. The molecule has 0 fully saturated rings. The van der Waals surface area contributed by atoms with Crippen molar-refractivity contribution in [2.24, 2.45) is 0 Å². The van der Waals surface area contributed by atoms with E-state index >= 15 is 0 Å². The van der Waals surface area contributed by atoms with Gasteiger partial charge in [-0.2, -0.15) is 0 Å². The summed E-state index contributed by atoms with van der Waals surface area (Å²) in [6.45, 7) is 2.01. The number of nitrogens with two attached hydrogens (primary N) is 1. The summed E-state index contributed by atoms with van der Waals surface area (Å²) >= 11 is 0. The number of hydrogen-bond donors (Lipinski definition) is 2. The van der Waals surface area contributed by atoms with Crippen molar-refractivity contribution in [3.05, 3.63) is 53.8 Å². The van der Waals surface area contributed by atoms with Crippen molar-refractivity contribution in [2.75, 3.05) is 10.5 Å². The van der Waals surface area contributed by atoms with Crippen LogP contribution in [0.4, 0.5) is 15.8 Å². The van der Waals surface area contributed by atoms with Crippen molar-refractivity contribution in [1.29, 1.82) is 0 Å². The maximum atomic E-state index is 13.3. The summed E-state index contributed by atoms with van der Waals surface area (Å²) < 4.78 is 39.9. The fraction of sp³-hybridized carbons (Fsp3) is 0.143. The summed E-state index contributed by atoms with van der Waals surface area (Å²) in [6.07, 6.45) is 0.871. The number of benzene rings is 2. The third kappa shape index (κ3) is 3.08. The molecule has 0 saturated heterocycles. The number of hydrogen-bond acceptors (Lipinski definition) is 3. The molecule has 106 valence electrons. The lowest BCUT2D eigenvalue weighted by Crippen LogP contribution is -2.13. The van der Waals surface area contributed by atoms with E-state index in [4.69, 9.17) is 5.73 Å². The van der Waals surface area contributed by atoms with Gasteiger partial charge in [0.2, 0.25) is 0 Å². The molecule has 0 bridgehead atoms. The van der Waals surface area contributed by atoms with Gasteiger partial charge >= 0.3 is 0 Å². The maximum Gasteiger partial charge on any atom is 0.261 e. The smallest absolute Gasteiger partial charge is 0.261 e. The Hall–Kier alpha value is -2.08. The normalized spacial score (nSPS) is 11.3. The molecule has 0 radical (unpaired) electrons. The van der Waals surface area contributed by atoms with Crippen molar-refractivity contribution in [3.8, 4) is 0 Å². The zero-order valence-electron chi connectivity index (χ0n) is 10.9. The average molecular weight is 294 g/mol. The van der Waals surface area contributed by atoms with Gasteiger partial charge in [-0.25, -0.2) is 12.8 Å². The molecule has 20 heavy (non-hydrogen) atoms. The fourth-order valence-corrected chi connectivity index (χ4v) is 2.77. The summed E-state index contributed by atoms with van der Waals surface area (Å²) in [4.78, 5) is -0.163. The summed E-state index contributed by atoms with van der Waals surface area (Å²) in [6, 6.07) is 10.4. The molecule has 6 heteroatoms. The Morgan fingerprint density at radius 3 is 2.35 bits per heavy atom. The first-order chi connectivity index (χ1) is 9.42. The van der Waals surface area contributed by atoms with Gasteiger partial charge in [0.25, 0.3) is 10.0 Å².